The van der Waals surface area contributed by atoms with Gasteiger partial charge in [0.15, 0.2) is 0 Å². The molecule has 4 atom stereocenters. The molecule has 0 radical (unpaired) electrons. The zero-order chi connectivity index (χ0) is 16.4. The smallest absolute Gasteiger partial charge is 0.0356 e. The molecule has 0 aromatic carbocycles. The van der Waals surface area contributed by atoms with E-state index in [0.29, 0.717) is 12.0 Å². The lowest BCUT2D eigenvalue weighted by molar-refractivity contribution is 0.00314. The molecule has 0 amide bonds. The molecule has 4 heteroatoms. The van der Waals surface area contributed by atoms with Crippen molar-refractivity contribution in [3.63, 3.8) is 0 Å². The van der Waals surface area contributed by atoms with Crippen LogP contribution in [0.25, 0.3) is 0 Å². The van der Waals surface area contributed by atoms with E-state index in [1.54, 1.807) is 0 Å². The Hall–Kier alpha value is -1.12. The van der Waals surface area contributed by atoms with Gasteiger partial charge in [-0.15, -0.1) is 35.0 Å². The fourth-order valence-electron chi connectivity index (χ4n) is 4.25. The Balaban J connectivity index is 1.44. The molecule has 3 saturated heterocycles. The molecule has 0 spiro atoms. The summed E-state index contributed by atoms with van der Waals surface area (Å²) in [6.45, 7) is 5.62. The number of hydrogen-bond acceptors (Lipinski definition) is 4. The summed E-state index contributed by atoms with van der Waals surface area (Å²) in [6, 6.07) is 9.51. The first kappa shape index (κ1) is 16.4. The minimum absolute atomic E-state index is 0.484. The van der Waals surface area contributed by atoms with Crippen molar-refractivity contribution in [2.24, 2.45) is 11.8 Å². The quantitative estimate of drug-likeness (QED) is 0.717. The van der Waals surface area contributed by atoms with Crippen molar-refractivity contribution in [2.75, 3.05) is 19.6 Å². The number of rotatable bonds is 6. The fraction of sp³-hybridized carbons (Fsp3) is 0.500. The summed E-state index contributed by atoms with van der Waals surface area (Å²) in [5, 5.41) is 4.37. The first-order valence-electron chi connectivity index (χ1n) is 8.79. The topological polar surface area (TPSA) is 6.48 Å². The third-order valence-electron chi connectivity index (χ3n) is 5.48. The highest BCUT2D eigenvalue weighted by atomic mass is 32.1. The first-order valence-corrected chi connectivity index (χ1v) is 10.5. The van der Waals surface area contributed by atoms with Crippen LogP contribution in [0.2, 0.25) is 0 Å². The average molecular weight is 357 g/mol. The van der Waals surface area contributed by atoms with E-state index in [9.17, 15) is 0 Å². The maximum absolute atomic E-state index is 5.73. The van der Waals surface area contributed by atoms with Crippen molar-refractivity contribution < 1.29 is 0 Å². The number of terminal acetylenes is 1. The molecular weight excluding hydrogens is 332 g/mol. The number of fused-ring (bicyclic) bond motifs is 3. The van der Waals surface area contributed by atoms with Crippen LogP contribution in [0.1, 0.15) is 22.6 Å². The average Bonchev–Trinajstić information content (AvgIpc) is 3.29. The molecule has 3 aliphatic rings. The highest BCUT2D eigenvalue weighted by Crippen LogP contribution is 2.36. The predicted octanol–water partition coefficient (Wildman–Crippen LogP) is 4.16. The molecule has 0 saturated carbocycles. The first-order chi connectivity index (χ1) is 11.8. The Morgan fingerprint density at radius 1 is 1.17 bits per heavy atom. The van der Waals surface area contributed by atoms with Crippen LogP contribution in [0.4, 0.5) is 0 Å². The van der Waals surface area contributed by atoms with E-state index >= 15 is 0 Å². The molecule has 126 valence electrons. The molecule has 2 aromatic heterocycles. The van der Waals surface area contributed by atoms with Gasteiger partial charge in [-0.3, -0.25) is 9.80 Å². The predicted molar refractivity (Wildman–Crippen MR) is 103 cm³/mol. The fourth-order valence-corrected chi connectivity index (χ4v) is 5.74. The number of nitrogens with zero attached hydrogens (tertiary/aromatic N) is 2. The van der Waals surface area contributed by atoms with Crippen LogP contribution in [-0.2, 0) is 13.1 Å². The van der Waals surface area contributed by atoms with E-state index < -0.39 is 0 Å². The standard InChI is InChI=1S/C20H24N2S2/c1-2-16-12-22-8-7-17(16)11-18(22)13-21(14-19-5-3-9-23-19)15-20-6-4-10-24-20/h1,3-6,9-10,16-18H,7-8,11-15H2. The molecule has 0 aliphatic carbocycles. The number of thiophene rings is 2. The largest absolute Gasteiger partial charge is 0.298 e. The van der Waals surface area contributed by atoms with E-state index in [-0.39, 0.29) is 0 Å². The minimum Gasteiger partial charge on any atom is -0.298 e. The molecule has 3 aliphatic heterocycles. The van der Waals surface area contributed by atoms with Crippen LogP contribution in [0.5, 0.6) is 0 Å². The zero-order valence-electron chi connectivity index (χ0n) is 13.9. The van der Waals surface area contributed by atoms with E-state index in [4.69, 9.17) is 6.42 Å². The Bertz CT molecular complexity index is 635. The summed E-state index contributed by atoms with van der Waals surface area (Å²) in [6.07, 6.45) is 8.30. The summed E-state index contributed by atoms with van der Waals surface area (Å²) in [5.41, 5.74) is 0. The van der Waals surface area contributed by atoms with Gasteiger partial charge in [0.1, 0.15) is 0 Å². The van der Waals surface area contributed by atoms with E-state index in [1.165, 1.54) is 29.1 Å². The third-order valence-corrected chi connectivity index (χ3v) is 7.20. The number of piperidine rings is 3. The van der Waals surface area contributed by atoms with Crippen LogP contribution in [-0.4, -0.2) is 35.5 Å². The molecule has 3 fully saturated rings. The SMILES string of the molecule is C#CC1CN2CCC1CC2CN(Cc1cccs1)Cc1cccs1. The lowest BCUT2D eigenvalue weighted by atomic mass is 9.76. The van der Waals surface area contributed by atoms with Crippen molar-refractivity contribution >= 4 is 22.7 Å². The molecule has 2 aromatic rings. The summed E-state index contributed by atoms with van der Waals surface area (Å²) in [7, 11) is 0. The maximum Gasteiger partial charge on any atom is 0.0356 e. The van der Waals surface area contributed by atoms with Gasteiger partial charge in [0.05, 0.1) is 0 Å². The second-order valence-electron chi connectivity index (χ2n) is 7.03. The van der Waals surface area contributed by atoms with Gasteiger partial charge in [-0.1, -0.05) is 12.1 Å². The summed E-state index contributed by atoms with van der Waals surface area (Å²) in [5.74, 6) is 4.26. The van der Waals surface area contributed by atoms with Gasteiger partial charge < -0.3 is 0 Å². The Morgan fingerprint density at radius 2 is 1.88 bits per heavy atom. The Morgan fingerprint density at radius 3 is 2.38 bits per heavy atom. The number of hydrogen-bond donors (Lipinski definition) is 0. The second-order valence-corrected chi connectivity index (χ2v) is 9.10. The van der Waals surface area contributed by atoms with Gasteiger partial charge in [0.25, 0.3) is 0 Å². The van der Waals surface area contributed by atoms with Crippen molar-refractivity contribution in [3.8, 4) is 12.3 Å². The Kier molecular flexibility index (Phi) is 5.05. The highest BCUT2D eigenvalue weighted by Gasteiger charge is 2.39. The van der Waals surface area contributed by atoms with Gasteiger partial charge in [0.2, 0.25) is 0 Å². The van der Waals surface area contributed by atoms with Crippen LogP contribution in [0.3, 0.4) is 0 Å². The van der Waals surface area contributed by atoms with Crippen molar-refractivity contribution in [2.45, 2.75) is 32.0 Å². The molecule has 24 heavy (non-hydrogen) atoms. The van der Waals surface area contributed by atoms with Crippen LogP contribution in [0, 0.1) is 24.2 Å². The van der Waals surface area contributed by atoms with Gasteiger partial charge in [-0.2, -0.15) is 0 Å². The normalized spacial score (nSPS) is 29.0. The molecule has 5 heterocycles. The lowest BCUT2D eigenvalue weighted by Crippen LogP contribution is -2.56. The van der Waals surface area contributed by atoms with Gasteiger partial charge in [0, 0.05) is 47.9 Å². The summed E-state index contributed by atoms with van der Waals surface area (Å²) in [4.78, 5) is 8.21. The van der Waals surface area contributed by atoms with Crippen LogP contribution in [0.15, 0.2) is 35.0 Å². The van der Waals surface area contributed by atoms with E-state index in [0.717, 1.165) is 32.1 Å². The monoisotopic (exact) mass is 356 g/mol. The third kappa shape index (κ3) is 3.60. The lowest BCUT2D eigenvalue weighted by Gasteiger charge is -2.49. The highest BCUT2D eigenvalue weighted by molar-refractivity contribution is 7.10. The molecule has 2 nitrogen and oxygen atoms in total. The van der Waals surface area contributed by atoms with Crippen molar-refractivity contribution in [1.82, 2.24) is 9.80 Å². The van der Waals surface area contributed by atoms with Crippen molar-refractivity contribution in [1.29, 1.82) is 0 Å². The second kappa shape index (κ2) is 7.41. The molecule has 5 rings (SSSR count). The maximum atomic E-state index is 5.73. The molecule has 2 bridgehead atoms. The zero-order valence-corrected chi connectivity index (χ0v) is 15.6. The van der Waals surface area contributed by atoms with Crippen LogP contribution >= 0.6 is 22.7 Å². The van der Waals surface area contributed by atoms with Gasteiger partial charge in [-0.25, -0.2) is 0 Å². The van der Waals surface area contributed by atoms with Gasteiger partial charge in [-0.05, 0) is 48.2 Å². The summed E-state index contributed by atoms with van der Waals surface area (Å²) >= 11 is 3.73. The van der Waals surface area contributed by atoms with E-state index in [1.807, 2.05) is 22.7 Å². The van der Waals surface area contributed by atoms with E-state index in [2.05, 4.69) is 50.7 Å². The minimum atomic E-state index is 0.484. The van der Waals surface area contributed by atoms with Crippen molar-refractivity contribution in [3.05, 3.63) is 44.8 Å². The molecule has 4 unspecified atom stereocenters. The molecular formula is C20H24N2S2. The van der Waals surface area contributed by atoms with Gasteiger partial charge >= 0.3 is 0 Å². The Labute approximate surface area is 153 Å². The van der Waals surface area contributed by atoms with Crippen LogP contribution < -0.4 is 0 Å². The molecule has 0 N–H and O–H groups in total. The summed E-state index contributed by atoms with van der Waals surface area (Å²) < 4.78 is 0.